The van der Waals surface area contributed by atoms with Gasteiger partial charge in [0.2, 0.25) is 5.91 Å². The Morgan fingerprint density at radius 2 is 2.00 bits per heavy atom. The van der Waals surface area contributed by atoms with Gasteiger partial charge in [-0.05, 0) is 24.1 Å². The second-order valence-electron chi connectivity index (χ2n) is 7.83. The highest BCUT2D eigenvalue weighted by Crippen LogP contribution is 2.34. The van der Waals surface area contributed by atoms with E-state index < -0.39 is 12.1 Å². The van der Waals surface area contributed by atoms with Crippen LogP contribution in [0.3, 0.4) is 0 Å². The lowest BCUT2D eigenvalue weighted by atomic mass is 10.0. The van der Waals surface area contributed by atoms with E-state index in [-0.39, 0.29) is 17.8 Å². The monoisotopic (exact) mass is 425 g/mol. The third-order valence-corrected chi connectivity index (χ3v) is 6.01. The average molecular weight is 425 g/mol. The predicted octanol–water partition coefficient (Wildman–Crippen LogP) is 1.14. The highest BCUT2D eigenvalue weighted by Gasteiger charge is 2.50. The lowest BCUT2D eigenvalue weighted by Gasteiger charge is -2.43. The molecule has 1 saturated heterocycles. The van der Waals surface area contributed by atoms with Crippen LogP contribution in [0.25, 0.3) is 10.9 Å². The van der Waals surface area contributed by atoms with E-state index in [2.05, 4.69) is 16.4 Å². The van der Waals surface area contributed by atoms with Crippen molar-refractivity contribution in [3.05, 3.63) is 47.8 Å². The van der Waals surface area contributed by atoms with Gasteiger partial charge in [-0.1, -0.05) is 18.2 Å². The summed E-state index contributed by atoms with van der Waals surface area (Å²) in [6.45, 7) is 1.22. The quantitative estimate of drug-likeness (QED) is 0.693. The van der Waals surface area contributed by atoms with Gasteiger partial charge < -0.3 is 24.8 Å². The second kappa shape index (κ2) is 8.43. The Balaban J connectivity index is 1.48. The number of fused-ring (bicyclic) bond motifs is 2. The molecule has 1 aromatic heterocycles. The molecule has 2 aliphatic heterocycles. The predicted molar refractivity (Wildman–Crippen MR) is 115 cm³/mol. The van der Waals surface area contributed by atoms with Gasteiger partial charge in [0, 0.05) is 51.4 Å². The van der Waals surface area contributed by atoms with Gasteiger partial charge in [0.25, 0.3) is 5.91 Å². The molecule has 3 heterocycles. The number of aromatic nitrogens is 1. The number of rotatable bonds is 7. The second-order valence-corrected chi connectivity index (χ2v) is 7.83. The number of benzene rings is 1. The molecule has 1 fully saturated rings. The van der Waals surface area contributed by atoms with E-state index in [1.807, 2.05) is 24.4 Å². The standard InChI is InChI=1S/C22H27N5O4/c1-25-20-16(21(29)26(2)22(25)30)12-18(27(20)10-11-31-3)19(28)23-9-8-14-13-24-17-7-5-4-6-15(14)17/h4-7,12-13,16,20,24H,8-11H2,1-3H3,(H,23,28). The van der Waals surface area contributed by atoms with E-state index in [1.54, 1.807) is 25.1 Å². The van der Waals surface area contributed by atoms with Crippen molar-refractivity contribution in [2.75, 3.05) is 40.9 Å². The van der Waals surface area contributed by atoms with Crippen LogP contribution in [0.4, 0.5) is 4.79 Å². The number of ether oxygens (including phenoxy) is 1. The van der Waals surface area contributed by atoms with Crippen LogP contribution in [0.2, 0.25) is 0 Å². The molecule has 0 bridgehead atoms. The number of carbonyl (C=O) groups is 3. The molecule has 31 heavy (non-hydrogen) atoms. The zero-order valence-corrected chi connectivity index (χ0v) is 17.9. The minimum atomic E-state index is -0.584. The number of urea groups is 1. The maximum absolute atomic E-state index is 13.0. The van der Waals surface area contributed by atoms with Crippen LogP contribution in [-0.2, 0) is 20.7 Å². The maximum atomic E-state index is 13.0. The summed E-state index contributed by atoms with van der Waals surface area (Å²) >= 11 is 0. The molecule has 2 N–H and O–H groups in total. The van der Waals surface area contributed by atoms with Gasteiger partial charge in [0.1, 0.15) is 11.9 Å². The number of aromatic amines is 1. The van der Waals surface area contributed by atoms with Crippen molar-refractivity contribution < 1.29 is 19.1 Å². The van der Waals surface area contributed by atoms with Gasteiger partial charge in [-0.15, -0.1) is 0 Å². The molecule has 1 aromatic carbocycles. The summed E-state index contributed by atoms with van der Waals surface area (Å²) in [7, 11) is 4.69. The summed E-state index contributed by atoms with van der Waals surface area (Å²) in [6, 6.07) is 7.65. The summed E-state index contributed by atoms with van der Waals surface area (Å²) < 4.78 is 5.19. The molecule has 2 aromatic rings. The van der Waals surface area contributed by atoms with E-state index in [1.165, 1.54) is 11.9 Å². The van der Waals surface area contributed by atoms with E-state index >= 15 is 0 Å². The van der Waals surface area contributed by atoms with Gasteiger partial charge in [0.05, 0.1) is 12.5 Å². The summed E-state index contributed by atoms with van der Waals surface area (Å²) in [6.07, 6.45) is 3.78. The van der Waals surface area contributed by atoms with Gasteiger partial charge in [-0.25, -0.2) is 4.79 Å². The average Bonchev–Trinajstić information content (AvgIpc) is 3.36. The fourth-order valence-corrected chi connectivity index (χ4v) is 4.39. The fourth-order valence-electron chi connectivity index (χ4n) is 4.39. The molecule has 0 radical (unpaired) electrons. The first-order chi connectivity index (χ1) is 14.9. The van der Waals surface area contributed by atoms with Crippen molar-refractivity contribution in [2.45, 2.75) is 12.6 Å². The molecule has 2 atom stereocenters. The maximum Gasteiger partial charge on any atom is 0.327 e. The smallest absolute Gasteiger partial charge is 0.327 e. The number of para-hydroxylation sites is 1. The number of nitrogens with one attached hydrogen (secondary N) is 2. The van der Waals surface area contributed by atoms with Gasteiger partial charge in [-0.3, -0.25) is 14.5 Å². The van der Waals surface area contributed by atoms with Crippen LogP contribution in [0.1, 0.15) is 5.56 Å². The molecule has 2 aliphatic rings. The Morgan fingerprint density at radius 1 is 1.23 bits per heavy atom. The van der Waals surface area contributed by atoms with Crippen molar-refractivity contribution in [1.82, 2.24) is 25.0 Å². The minimum Gasteiger partial charge on any atom is -0.383 e. The number of hydrogen-bond acceptors (Lipinski definition) is 5. The van der Waals surface area contributed by atoms with Crippen molar-refractivity contribution in [3.63, 3.8) is 0 Å². The summed E-state index contributed by atoms with van der Waals surface area (Å²) in [5, 5.41) is 4.10. The zero-order chi connectivity index (χ0) is 22.1. The first-order valence-corrected chi connectivity index (χ1v) is 10.3. The highest BCUT2D eigenvalue weighted by atomic mass is 16.5. The molecule has 9 nitrogen and oxygen atoms in total. The molecule has 4 amide bonds. The molecule has 4 rings (SSSR count). The first-order valence-electron chi connectivity index (χ1n) is 10.3. The van der Waals surface area contributed by atoms with Crippen LogP contribution < -0.4 is 5.32 Å². The SMILES string of the molecule is COCCN1C(C(=O)NCCc2c[nH]c3ccccc23)=CC2C(=O)N(C)C(=O)N(C)C21. The van der Waals surface area contributed by atoms with E-state index in [4.69, 9.17) is 4.74 Å². The lowest BCUT2D eigenvalue weighted by Crippen LogP contribution is -2.62. The normalized spacial score (nSPS) is 21.0. The summed E-state index contributed by atoms with van der Waals surface area (Å²) in [4.78, 5) is 45.8. The Labute approximate surface area is 180 Å². The number of imide groups is 1. The number of amides is 4. The molecular weight excluding hydrogens is 398 g/mol. The molecule has 2 unspecified atom stereocenters. The molecule has 164 valence electrons. The van der Waals surface area contributed by atoms with Crippen molar-refractivity contribution >= 4 is 28.7 Å². The Hall–Kier alpha value is -3.33. The van der Waals surface area contributed by atoms with Gasteiger partial charge in [-0.2, -0.15) is 0 Å². The first kappa shape index (κ1) is 20.9. The van der Waals surface area contributed by atoms with Crippen LogP contribution >= 0.6 is 0 Å². The van der Waals surface area contributed by atoms with Crippen LogP contribution in [0.5, 0.6) is 0 Å². The molecular formula is C22H27N5O4. The molecule has 0 spiro atoms. The lowest BCUT2D eigenvalue weighted by molar-refractivity contribution is -0.137. The molecule has 0 saturated carbocycles. The van der Waals surface area contributed by atoms with Crippen molar-refractivity contribution in [3.8, 4) is 0 Å². The summed E-state index contributed by atoms with van der Waals surface area (Å²) in [5.74, 6) is -1.15. The Kier molecular flexibility index (Phi) is 5.69. The van der Waals surface area contributed by atoms with Crippen LogP contribution in [0.15, 0.2) is 42.2 Å². The van der Waals surface area contributed by atoms with Crippen LogP contribution in [0, 0.1) is 5.92 Å². The molecule has 9 heteroatoms. The van der Waals surface area contributed by atoms with Crippen molar-refractivity contribution in [1.29, 1.82) is 0 Å². The minimum absolute atomic E-state index is 0.262. The highest BCUT2D eigenvalue weighted by molar-refractivity contribution is 6.02. The largest absolute Gasteiger partial charge is 0.383 e. The number of nitrogens with zero attached hydrogens (tertiary/aromatic N) is 3. The van der Waals surface area contributed by atoms with E-state index in [0.29, 0.717) is 31.8 Å². The fraction of sp³-hybridized carbons (Fsp3) is 0.409. The molecule has 0 aliphatic carbocycles. The number of hydrogen-bond donors (Lipinski definition) is 2. The third kappa shape index (κ3) is 3.65. The van der Waals surface area contributed by atoms with Crippen molar-refractivity contribution in [2.24, 2.45) is 5.92 Å². The van der Waals surface area contributed by atoms with E-state index in [0.717, 1.165) is 21.4 Å². The zero-order valence-electron chi connectivity index (χ0n) is 17.9. The van der Waals surface area contributed by atoms with Gasteiger partial charge in [0.15, 0.2) is 0 Å². The number of H-pyrrole nitrogens is 1. The van der Waals surface area contributed by atoms with E-state index in [9.17, 15) is 14.4 Å². The third-order valence-electron chi connectivity index (χ3n) is 6.01. The Morgan fingerprint density at radius 3 is 2.77 bits per heavy atom. The summed E-state index contributed by atoms with van der Waals surface area (Å²) in [5.41, 5.74) is 2.59. The van der Waals surface area contributed by atoms with Crippen LogP contribution in [-0.4, -0.2) is 84.6 Å². The topological polar surface area (TPSA) is 98.0 Å². The number of methoxy groups -OCH3 is 1. The van der Waals surface area contributed by atoms with Gasteiger partial charge >= 0.3 is 6.03 Å². The number of carbonyl (C=O) groups excluding carboxylic acids is 3. The Bertz CT molecular complexity index is 1050.